The Morgan fingerprint density at radius 2 is 2.00 bits per heavy atom. The Balaban J connectivity index is 0.00000576. The van der Waals surface area contributed by atoms with Crippen molar-refractivity contribution in [1.82, 2.24) is 10.6 Å². The summed E-state index contributed by atoms with van der Waals surface area (Å²) in [5, 5.41) is 6.18. The van der Waals surface area contributed by atoms with Gasteiger partial charge in [-0.3, -0.25) is 4.99 Å². The fourth-order valence-corrected chi connectivity index (χ4v) is 2.34. The summed E-state index contributed by atoms with van der Waals surface area (Å²) >= 11 is 1.82. The summed E-state index contributed by atoms with van der Waals surface area (Å²) < 4.78 is 37.9. The third-order valence-corrected chi connectivity index (χ3v) is 3.76. The zero-order valence-electron chi connectivity index (χ0n) is 14.2. The van der Waals surface area contributed by atoms with E-state index in [0.29, 0.717) is 18.1 Å². The maximum Gasteiger partial charge on any atom is 0.416 e. The lowest BCUT2D eigenvalue weighted by atomic mass is 10.1. The molecule has 0 aromatic heterocycles. The zero-order valence-corrected chi connectivity index (χ0v) is 17.4. The Morgan fingerprint density at radius 3 is 2.64 bits per heavy atom. The minimum atomic E-state index is -4.35. The summed E-state index contributed by atoms with van der Waals surface area (Å²) in [7, 11) is 1.66. The fourth-order valence-electron chi connectivity index (χ4n) is 1.85. The van der Waals surface area contributed by atoms with Gasteiger partial charge in [-0.2, -0.15) is 24.9 Å². The van der Waals surface area contributed by atoms with E-state index in [0.717, 1.165) is 37.3 Å². The first-order chi connectivity index (χ1) is 11.5. The smallest absolute Gasteiger partial charge is 0.356 e. The fraction of sp³-hybridized carbons (Fsp3) is 0.471. The van der Waals surface area contributed by atoms with Crippen LogP contribution in [0.2, 0.25) is 0 Å². The van der Waals surface area contributed by atoms with Gasteiger partial charge in [0.15, 0.2) is 5.96 Å². The van der Waals surface area contributed by atoms with Gasteiger partial charge >= 0.3 is 6.18 Å². The molecule has 1 aromatic carbocycles. The highest BCUT2D eigenvalue weighted by molar-refractivity contribution is 14.0. The lowest BCUT2D eigenvalue weighted by molar-refractivity contribution is -0.137. The number of unbranched alkanes of at least 4 members (excludes halogenated alkanes) is 1. The Kier molecular flexibility index (Phi) is 12.6. The molecule has 1 aromatic rings. The highest BCUT2D eigenvalue weighted by Crippen LogP contribution is 2.29. The number of alkyl halides is 3. The third kappa shape index (κ3) is 10.5. The van der Waals surface area contributed by atoms with E-state index in [1.54, 1.807) is 13.1 Å². The molecular weight excluding hydrogens is 462 g/mol. The van der Waals surface area contributed by atoms with Crippen LogP contribution in [0.25, 0.3) is 0 Å². The SMILES string of the molecule is CN=C(NCC#Cc1cccc(C(F)(F)F)c1)NCCCCSC.I. The lowest BCUT2D eigenvalue weighted by Gasteiger charge is -2.09. The molecule has 25 heavy (non-hydrogen) atoms. The van der Waals surface area contributed by atoms with Crippen LogP contribution in [0.1, 0.15) is 24.0 Å². The van der Waals surface area contributed by atoms with Crippen molar-refractivity contribution in [2.45, 2.75) is 19.0 Å². The first-order valence-corrected chi connectivity index (χ1v) is 8.96. The van der Waals surface area contributed by atoms with Gasteiger partial charge in [-0.05, 0) is 43.0 Å². The van der Waals surface area contributed by atoms with Gasteiger partial charge < -0.3 is 10.6 Å². The molecule has 0 radical (unpaired) electrons. The number of nitrogens with zero attached hydrogens (tertiary/aromatic N) is 1. The maximum atomic E-state index is 12.6. The van der Waals surface area contributed by atoms with Gasteiger partial charge in [0.1, 0.15) is 0 Å². The van der Waals surface area contributed by atoms with Crippen LogP contribution in [0.4, 0.5) is 13.2 Å². The summed E-state index contributed by atoms with van der Waals surface area (Å²) in [5.41, 5.74) is -0.350. The molecule has 0 unspecified atom stereocenters. The third-order valence-electron chi connectivity index (χ3n) is 3.06. The molecule has 2 N–H and O–H groups in total. The Hall–Kier alpha value is -1.08. The predicted molar refractivity (Wildman–Crippen MR) is 111 cm³/mol. The van der Waals surface area contributed by atoms with Crippen LogP contribution in [0, 0.1) is 11.8 Å². The maximum absolute atomic E-state index is 12.6. The first-order valence-electron chi connectivity index (χ1n) is 7.57. The van der Waals surface area contributed by atoms with Crippen molar-refractivity contribution in [2.24, 2.45) is 4.99 Å². The van der Waals surface area contributed by atoms with Gasteiger partial charge in [0.25, 0.3) is 0 Å². The molecule has 0 saturated carbocycles. The van der Waals surface area contributed by atoms with E-state index in [-0.39, 0.29) is 24.0 Å². The molecule has 0 atom stereocenters. The minimum absolute atomic E-state index is 0. The average molecular weight is 485 g/mol. The molecule has 0 aliphatic heterocycles. The molecular formula is C17H23F3IN3S. The second-order valence-electron chi connectivity index (χ2n) is 4.93. The van der Waals surface area contributed by atoms with Gasteiger partial charge in [-0.25, -0.2) is 0 Å². The van der Waals surface area contributed by atoms with E-state index in [1.807, 2.05) is 11.8 Å². The summed E-state index contributed by atoms with van der Waals surface area (Å²) in [6.45, 7) is 1.13. The Bertz CT molecular complexity index is 595. The number of aliphatic imine (C=N–C) groups is 1. The van der Waals surface area contributed by atoms with Crippen LogP contribution in [-0.4, -0.2) is 38.1 Å². The van der Waals surface area contributed by atoms with Gasteiger partial charge in [-0.15, -0.1) is 24.0 Å². The van der Waals surface area contributed by atoms with Gasteiger partial charge in [-0.1, -0.05) is 17.9 Å². The number of halogens is 4. The number of thioether (sulfide) groups is 1. The zero-order chi connectivity index (χ0) is 17.8. The van der Waals surface area contributed by atoms with Crippen LogP contribution < -0.4 is 10.6 Å². The van der Waals surface area contributed by atoms with Crippen molar-refractivity contribution < 1.29 is 13.2 Å². The van der Waals surface area contributed by atoms with E-state index in [9.17, 15) is 13.2 Å². The van der Waals surface area contributed by atoms with E-state index in [2.05, 4.69) is 33.7 Å². The molecule has 0 heterocycles. The van der Waals surface area contributed by atoms with Crippen molar-refractivity contribution in [1.29, 1.82) is 0 Å². The molecule has 0 spiro atoms. The topological polar surface area (TPSA) is 36.4 Å². The number of guanidine groups is 1. The van der Waals surface area contributed by atoms with Crippen molar-refractivity contribution in [3.63, 3.8) is 0 Å². The van der Waals surface area contributed by atoms with Crippen molar-refractivity contribution in [3.8, 4) is 11.8 Å². The predicted octanol–water partition coefficient (Wildman–Crippen LogP) is 3.98. The Labute approximate surface area is 168 Å². The molecule has 1 rings (SSSR count). The highest BCUT2D eigenvalue weighted by Gasteiger charge is 2.30. The lowest BCUT2D eigenvalue weighted by Crippen LogP contribution is -2.37. The molecule has 0 aliphatic rings. The van der Waals surface area contributed by atoms with E-state index in [4.69, 9.17) is 0 Å². The monoisotopic (exact) mass is 485 g/mol. The summed E-state index contributed by atoms with van der Waals surface area (Å²) in [6.07, 6.45) is -0.0763. The number of hydrogen-bond donors (Lipinski definition) is 2. The molecule has 8 heteroatoms. The number of hydrogen-bond acceptors (Lipinski definition) is 2. The molecule has 0 fully saturated rings. The summed E-state index contributed by atoms with van der Waals surface area (Å²) in [5.74, 6) is 7.30. The van der Waals surface area contributed by atoms with Crippen LogP contribution in [0.3, 0.4) is 0 Å². The Morgan fingerprint density at radius 1 is 1.24 bits per heavy atom. The van der Waals surface area contributed by atoms with Crippen molar-refractivity contribution >= 4 is 41.7 Å². The summed E-state index contributed by atoms with van der Waals surface area (Å²) in [6, 6.07) is 4.99. The molecule has 0 saturated heterocycles. The minimum Gasteiger partial charge on any atom is -0.356 e. The second kappa shape index (κ2) is 13.2. The number of rotatable bonds is 6. The van der Waals surface area contributed by atoms with Crippen LogP contribution in [-0.2, 0) is 6.18 Å². The first kappa shape index (κ1) is 23.9. The highest BCUT2D eigenvalue weighted by atomic mass is 127. The quantitative estimate of drug-likeness (QED) is 0.211. The molecule has 3 nitrogen and oxygen atoms in total. The largest absolute Gasteiger partial charge is 0.416 e. The van der Waals surface area contributed by atoms with Gasteiger partial charge in [0.2, 0.25) is 0 Å². The van der Waals surface area contributed by atoms with E-state index in [1.165, 1.54) is 6.07 Å². The standard InChI is InChI=1S/C17H22F3N3S.HI/c1-21-16(22-10-3-4-12-24-2)23-11-6-8-14-7-5-9-15(13-14)17(18,19)20;/h5,7,9,13H,3-4,10-12H2,1-2H3,(H2,21,22,23);1H. The number of benzene rings is 1. The van der Waals surface area contributed by atoms with Crippen LogP contribution in [0.15, 0.2) is 29.3 Å². The van der Waals surface area contributed by atoms with Crippen molar-refractivity contribution in [3.05, 3.63) is 35.4 Å². The average Bonchev–Trinajstić information content (AvgIpc) is 2.56. The van der Waals surface area contributed by atoms with Crippen molar-refractivity contribution in [2.75, 3.05) is 32.1 Å². The van der Waals surface area contributed by atoms with Crippen LogP contribution in [0.5, 0.6) is 0 Å². The molecule has 140 valence electrons. The van der Waals surface area contributed by atoms with Crippen LogP contribution >= 0.6 is 35.7 Å². The van der Waals surface area contributed by atoms with E-state index < -0.39 is 11.7 Å². The van der Waals surface area contributed by atoms with E-state index >= 15 is 0 Å². The molecule has 0 bridgehead atoms. The van der Waals surface area contributed by atoms with Gasteiger partial charge in [0.05, 0.1) is 12.1 Å². The molecule has 0 aliphatic carbocycles. The molecule has 0 amide bonds. The number of nitrogens with one attached hydrogen (secondary N) is 2. The van der Waals surface area contributed by atoms with Gasteiger partial charge in [0, 0.05) is 19.2 Å². The second-order valence-corrected chi connectivity index (χ2v) is 5.92. The summed E-state index contributed by atoms with van der Waals surface area (Å²) in [4.78, 5) is 4.07. The normalized spacial score (nSPS) is 11.2.